The van der Waals surface area contributed by atoms with E-state index in [4.69, 9.17) is 4.74 Å². The van der Waals surface area contributed by atoms with Gasteiger partial charge in [0.25, 0.3) is 0 Å². The molecule has 0 aliphatic heterocycles. The van der Waals surface area contributed by atoms with Gasteiger partial charge < -0.3 is 19.5 Å². The highest BCUT2D eigenvalue weighted by molar-refractivity contribution is 5.67. The molecule has 1 amide bonds. The van der Waals surface area contributed by atoms with Crippen LogP contribution in [0.25, 0.3) is 0 Å². The van der Waals surface area contributed by atoms with Crippen LogP contribution >= 0.6 is 0 Å². The maximum atomic E-state index is 11.7. The molecule has 0 saturated heterocycles. The maximum Gasteiger partial charge on any atom is 0.407 e. The third-order valence-electron chi connectivity index (χ3n) is 3.47. The predicted octanol–water partition coefficient (Wildman–Crippen LogP) is 2.71. The van der Waals surface area contributed by atoms with Crippen molar-refractivity contribution in [3.63, 3.8) is 0 Å². The van der Waals surface area contributed by atoms with Gasteiger partial charge in [0.2, 0.25) is 0 Å². The van der Waals surface area contributed by atoms with E-state index in [9.17, 15) is 4.79 Å². The van der Waals surface area contributed by atoms with Crippen LogP contribution in [0.3, 0.4) is 0 Å². The largest absolute Gasteiger partial charge is 0.444 e. The number of alkyl carbamates (subject to hydrolysis) is 1. The molecule has 0 radical (unpaired) electrons. The van der Waals surface area contributed by atoms with Gasteiger partial charge in [-0.05, 0) is 40.8 Å². The summed E-state index contributed by atoms with van der Waals surface area (Å²) in [4.78, 5) is 18.2. The van der Waals surface area contributed by atoms with Crippen LogP contribution in [0.15, 0.2) is 12.5 Å². The number of hydrogen-bond donors (Lipinski definition) is 1. The third kappa shape index (κ3) is 7.03. The molecule has 0 aliphatic carbocycles. The highest BCUT2D eigenvalue weighted by Gasteiger charge is 2.19. The van der Waals surface area contributed by atoms with Crippen LogP contribution < -0.4 is 5.32 Å². The smallest absolute Gasteiger partial charge is 0.407 e. The van der Waals surface area contributed by atoms with Crippen molar-refractivity contribution >= 4 is 6.09 Å². The zero-order valence-corrected chi connectivity index (χ0v) is 15.6. The number of carbonyl (C=O) groups is 1. The van der Waals surface area contributed by atoms with E-state index in [1.807, 2.05) is 33.3 Å². The Kier molecular flexibility index (Phi) is 7.06. The molecule has 1 N–H and O–H groups in total. The molecule has 1 aromatic rings. The highest BCUT2D eigenvalue weighted by atomic mass is 16.6. The first-order chi connectivity index (χ1) is 10.6. The zero-order chi connectivity index (χ0) is 17.6. The van der Waals surface area contributed by atoms with E-state index in [1.54, 1.807) is 0 Å². The summed E-state index contributed by atoms with van der Waals surface area (Å²) in [6.07, 6.45) is 4.12. The summed E-state index contributed by atoms with van der Waals surface area (Å²) in [5.41, 5.74) is 0.655. The predicted molar refractivity (Wildman–Crippen MR) is 92.6 cm³/mol. The minimum absolute atomic E-state index is 0.365. The topological polar surface area (TPSA) is 59.4 Å². The molecule has 1 heterocycles. The van der Waals surface area contributed by atoms with Gasteiger partial charge in [0.1, 0.15) is 5.60 Å². The normalized spacial score (nSPS) is 13.4. The Labute approximate surface area is 140 Å². The van der Waals surface area contributed by atoms with Crippen molar-refractivity contribution in [3.8, 4) is 0 Å². The van der Waals surface area contributed by atoms with Gasteiger partial charge in [0.05, 0.1) is 6.33 Å². The average Bonchev–Trinajstić information content (AvgIpc) is 2.81. The lowest BCUT2D eigenvalue weighted by Gasteiger charge is -2.27. The molecule has 6 heteroatoms. The van der Waals surface area contributed by atoms with Crippen LogP contribution in [0.1, 0.15) is 46.4 Å². The summed E-state index contributed by atoms with van der Waals surface area (Å²) in [5.74, 6) is 0.504. The van der Waals surface area contributed by atoms with Gasteiger partial charge in [-0.1, -0.05) is 13.8 Å². The van der Waals surface area contributed by atoms with E-state index in [2.05, 4.69) is 47.7 Å². The molecule has 0 bridgehead atoms. The van der Waals surface area contributed by atoms with Crippen molar-refractivity contribution < 1.29 is 9.53 Å². The number of amides is 1. The van der Waals surface area contributed by atoms with Crippen molar-refractivity contribution in [2.45, 2.75) is 52.7 Å². The first-order valence-corrected chi connectivity index (χ1v) is 8.22. The first kappa shape index (κ1) is 19.5. The molecule has 1 aromatic heterocycles. The van der Waals surface area contributed by atoms with Crippen molar-refractivity contribution in [3.05, 3.63) is 18.2 Å². The lowest BCUT2D eigenvalue weighted by atomic mass is 10.0. The van der Waals surface area contributed by atoms with Crippen LogP contribution in [0.2, 0.25) is 0 Å². The number of aromatic nitrogens is 2. The van der Waals surface area contributed by atoms with Crippen LogP contribution in [0.5, 0.6) is 0 Å². The summed E-state index contributed by atoms with van der Waals surface area (Å²) >= 11 is 0. The van der Waals surface area contributed by atoms with Crippen molar-refractivity contribution in [2.24, 2.45) is 5.92 Å². The molecule has 1 rings (SSSR count). The number of likely N-dealkylation sites (N-methyl/N-ethyl adjacent to an activating group) is 1. The second-order valence-corrected chi connectivity index (χ2v) is 7.54. The monoisotopic (exact) mass is 324 g/mol. The zero-order valence-electron chi connectivity index (χ0n) is 15.6. The third-order valence-corrected chi connectivity index (χ3v) is 3.47. The second-order valence-electron chi connectivity index (χ2n) is 7.54. The van der Waals surface area contributed by atoms with E-state index in [1.165, 1.54) is 0 Å². The molecular weight excluding hydrogens is 292 g/mol. The molecule has 23 heavy (non-hydrogen) atoms. The van der Waals surface area contributed by atoms with E-state index >= 15 is 0 Å². The number of nitrogens with zero attached hydrogens (tertiary/aromatic N) is 3. The number of carbonyl (C=O) groups excluding carboxylic acids is 1. The van der Waals surface area contributed by atoms with Gasteiger partial charge in [-0.3, -0.25) is 0 Å². The van der Waals surface area contributed by atoms with Gasteiger partial charge >= 0.3 is 6.09 Å². The standard InChI is InChI=1S/C17H32N4O2/c1-13(2)15(11-20(6)7)21-12-18-10-14(21)8-9-19-16(22)23-17(3,4)5/h10,12-13,15H,8-9,11H2,1-7H3,(H,19,22). The van der Waals surface area contributed by atoms with Crippen LogP contribution in [0, 0.1) is 5.92 Å². The second kappa shape index (κ2) is 8.34. The number of rotatable bonds is 7. The fraction of sp³-hybridized carbons (Fsp3) is 0.765. The van der Waals surface area contributed by atoms with E-state index < -0.39 is 5.60 Å². The Morgan fingerprint density at radius 3 is 2.57 bits per heavy atom. The molecule has 132 valence electrons. The lowest BCUT2D eigenvalue weighted by molar-refractivity contribution is 0.0528. The molecule has 0 aromatic carbocycles. The minimum Gasteiger partial charge on any atom is -0.444 e. The Balaban J connectivity index is 2.62. The van der Waals surface area contributed by atoms with Gasteiger partial charge in [-0.25, -0.2) is 9.78 Å². The van der Waals surface area contributed by atoms with Gasteiger partial charge in [0.15, 0.2) is 0 Å². The molecule has 6 nitrogen and oxygen atoms in total. The summed E-state index contributed by atoms with van der Waals surface area (Å²) in [7, 11) is 4.16. The van der Waals surface area contributed by atoms with Crippen LogP contribution in [-0.4, -0.2) is 53.3 Å². The average molecular weight is 324 g/mol. The highest BCUT2D eigenvalue weighted by Crippen LogP contribution is 2.20. The fourth-order valence-corrected chi connectivity index (χ4v) is 2.43. The quantitative estimate of drug-likeness (QED) is 0.838. The maximum absolute atomic E-state index is 11.7. The summed E-state index contributed by atoms with van der Waals surface area (Å²) < 4.78 is 7.47. The van der Waals surface area contributed by atoms with Crippen molar-refractivity contribution in [1.82, 2.24) is 19.8 Å². The molecular formula is C17H32N4O2. The number of hydrogen-bond acceptors (Lipinski definition) is 4. The molecule has 0 fully saturated rings. The van der Waals surface area contributed by atoms with Crippen molar-refractivity contribution in [2.75, 3.05) is 27.2 Å². The van der Waals surface area contributed by atoms with Crippen molar-refractivity contribution in [1.29, 1.82) is 0 Å². The fourth-order valence-electron chi connectivity index (χ4n) is 2.43. The summed E-state index contributed by atoms with van der Waals surface area (Å²) in [5, 5.41) is 2.80. The van der Waals surface area contributed by atoms with Gasteiger partial charge in [-0.15, -0.1) is 0 Å². The Hall–Kier alpha value is -1.56. The lowest BCUT2D eigenvalue weighted by Crippen LogP contribution is -2.34. The Bertz CT molecular complexity index is 489. The number of ether oxygens (including phenoxy) is 1. The first-order valence-electron chi connectivity index (χ1n) is 8.22. The number of imidazole rings is 1. The Morgan fingerprint density at radius 1 is 1.39 bits per heavy atom. The summed E-state index contributed by atoms with van der Waals surface area (Å²) in [6.45, 7) is 11.5. The van der Waals surface area contributed by atoms with E-state index in [0.29, 0.717) is 18.5 Å². The summed E-state index contributed by atoms with van der Waals surface area (Å²) in [6, 6.07) is 0.365. The van der Waals surface area contributed by atoms with Gasteiger partial charge in [-0.2, -0.15) is 0 Å². The van der Waals surface area contributed by atoms with E-state index in [0.717, 1.165) is 18.7 Å². The van der Waals surface area contributed by atoms with Crippen LogP contribution in [-0.2, 0) is 11.2 Å². The Morgan fingerprint density at radius 2 is 2.04 bits per heavy atom. The molecule has 0 aliphatic rings. The number of nitrogens with one attached hydrogen (secondary N) is 1. The molecule has 1 atom stereocenters. The minimum atomic E-state index is -0.472. The molecule has 0 saturated carbocycles. The molecule has 0 spiro atoms. The molecule has 1 unspecified atom stereocenters. The van der Waals surface area contributed by atoms with Crippen LogP contribution in [0.4, 0.5) is 4.79 Å². The SMILES string of the molecule is CC(C)C(CN(C)C)n1cncc1CCNC(=O)OC(C)(C)C. The van der Waals surface area contributed by atoms with E-state index in [-0.39, 0.29) is 6.09 Å². The van der Waals surface area contributed by atoms with Gasteiger partial charge in [0, 0.05) is 37.4 Å².